The van der Waals surface area contributed by atoms with Gasteiger partial charge in [-0.2, -0.15) is 4.73 Å². The maximum Gasteiger partial charge on any atom is 0.287 e. The summed E-state index contributed by atoms with van der Waals surface area (Å²) >= 11 is 2.93. The van der Waals surface area contributed by atoms with Crippen molar-refractivity contribution in [3.05, 3.63) is 39.3 Å². The van der Waals surface area contributed by atoms with E-state index in [-0.39, 0.29) is 10.9 Å². The number of hydrogen-bond acceptors (Lipinski definition) is 5. The second-order valence-corrected chi connectivity index (χ2v) is 3.72. The van der Waals surface area contributed by atoms with Crippen LogP contribution in [0.25, 0.3) is 0 Å². The topological polar surface area (TPSA) is 111 Å². The molecule has 8 heteroatoms. The molecule has 0 aliphatic rings. The van der Waals surface area contributed by atoms with Crippen LogP contribution in [-0.2, 0) is 0 Å². The number of nitro groups is 1. The Morgan fingerprint density at radius 1 is 1.56 bits per heavy atom. The predicted molar refractivity (Wildman–Crippen MR) is 56.8 cm³/mol. The zero-order chi connectivity index (χ0) is 12.3. The van der Waals surface area contributed by atoms with Crippen LogP contribution in [0.2, 0.25) is 0 Å². The Balaban J connectivity index is 3.19. The minimum atomic E-state index is -1.49. The van der Waals surface area contributed by atoms with E-state index < -0.39 is 22.8 Å². The van der Waals surface area contributed by atoms with Crippen molar-refractivity contribution >= 4 is 21.6 Å². The van der Waals surface area contributed by atoms with E-state index in [1.807, 2.05) is 0 Å². The van der Waals surface area contributed by atoms with Gasteiger partial charge < -0.3 is 15.4 Å². The maximum atomic E-state index is 11.0. The molecule has 0 spiro atoms. The van der Waals surface area contributed by atoms with Gasteiger partial charge in [0.25, 0.3) is 5.69 Å². The number of rotatable bonds is 4. The molecule has 7 nitrogen and oxygen atoms in total. The normalized spacial score (nSPS) is 14.4. The Labute approximate surface area is 98.8 Å². The predicted octanol–water partition coefficient (Wildman–Crippen LogP) is 0.0174. The van der Waals surface area contributed by atoms with Crippen molar-refractivity contribution in [2.24, 2.45) is 0 Å². The van der Waals surface area contributed by atoms with Crippen molar-refractivity contribution < 1.29 is 19.9 Å². The van der Waals surface area contributed by atoms with Crippen molar-refractivity contribution in [3.8, 4) is 0 Å². The van der Waals surface area contributed by atoms with Gasteiger partial charge in [0.2, 0.25) is 0 Å². The maximum absolute atomic E-state index is 11.0. The first-order chi connectivity index (χ1) is 7.47. The molecule has 2 atom stereocenters. The summed E-state index contributed by atoms with van der Waals surface area (Å²) < 4.78 is 0.326. The lowest BCUT2D eigenvalue weighted by molar-refractivity contribution is -0.606. The third-order valence-electron chi connectivity index (χ3n) is 1.98. The lowest BCUT2D eigenvalue weighted by Gasteiger charge is -2.14. The average molecular weight is 293 g/mol. The number of aliphatic hydroxyl groups is 2. The lowest BCUT2D eigenvalue weighted by Crippen LogP contribution is -2.29. The molecule has 0 bridgehead atoms. The standard InChI is InChI=1S/C8H9BrN2O5/c9-3-7(12)8(13)5-4-10(14)2-1-6(5)11(15)16/h1-2,4,7-8,12-13H,3H2. The number of pyridine rings is 1. The van der Waals surface area contributed by atoms with Crippen molar-refractivity contribution in [2.45, 2.75) is 12.2 Å². The molecule has 0 fully saturated rings. The first-order valence-corrected chi connectivity index (χ1v) is 5.38. The highest BCUT2D eigenvalue weighted by Gasteiger charge is 2.28. The number of halogens is 1. The average Bonchev–Trinajstić information content (AvgIpc) is 2.26. The Hall–Kier alpha value is -1.25. The molecule has 1 aromatic rings. The minimum Gasteiger partial charge on any atom is -0.619 e. The van der Waals surface area contributed by atoms with Gasteiger partial charge in [0.15, 0.2) is 12.4 Å². The molecule has 88 valence electrons. The Kier molecular flexibility index (Phi) is 4.16. The number of nitrogens with zero attached hydrogens (tertiary/aromatic N) is 2. The lowest BCUT2D eigenvalue weighted by atomic mass is 10.1. The Bertz CT molecular complexity index is 400. The molecule has 0 aromatic carbocycles. The van der Waals surface area contributed by atoms with Gasteiger partial charge in [0, 0.05) is 5.33 Å². The van der Waals surface area contributed by atoms with Crippen molar-refractivity contribution in [2.75, 3.05) is 5.33 Å². The van der Waals surface area contributed by atoms with E-state index in [2.05, 4.69) is 15.9 Å². The zero-order valence-corrected chi connectivity index (χ0v) is 9.57. The smallest absolute Gasteiger partial charge is 0.287 e. The molecule has 1 heterocycles. The highest BCUT2D eigenvalue weighted by Crippen LogP contribution is 2.26. The molecule has 0 aliphatic carbocycles. The highest BCUT2D eigenvalue weighted by atomic mass is 79.9. The Morgan fingerprint density at radius 3 is 2.69 bits per heavy atom. The van der Waals surface area contributed by atoms with Crippen LogP contribution in [0, 0.1) is 15.3 Å². The van der Waals surface area contributed by atoms with Gasteiger partial charge in [0.1, 0.15) is 11.7 Å². The molecular weight excluding hydrogens is 284 g/mol. The molecule has 16 heavy (non-hydrogen) atoms. The summed E-state index contributed by atoms with van der Waals surface area (Å²) in [4.78, 5) is 9.92. The molecule has 2 unspecified atom stereocenters. The van der Waals surface area contributed by atoms with Crippen LogP contribution >= 0.6 is 15.9 Å². The largest absolute Gasteiger partial charge is 0.619 e. The van der Waals surface area contributed by atoms with Crippen LogP contribution < -0.4 is 4.73 Å². The van der Waals surface area contributed by atoms with Gasteiger partial charge in [-0.15, -0.1) is 0 Å². The van der Waals surface area contributed by atoms with Gasteiger partial charge in [-0.25, -0.2) is 0 Å². The molecular formula is C8H9BrN2O5. The molecule has 0 saturated carbocycles. The van der Waals surface area contributed by atoms with Crippen LogP contribution in [0.15, 0.2) is 18.5 Å². The van der Waals surface area contributed by atoms with Gasteiger partial charge in [-0.3, -0.25) is 10.1 Å². The second-order valence-electron chi connectivity index (χ2n) is 3.07. The molecule has 1 aromatic heterocycles. The zero-order valence-electron chi connectivity index (χ0n) is 7.99. The molecule has 1 rings (SSSR count). The minimum absolute atomic E-state index is 0.0407. The third-order valence-corrected chi connectivity index (χ3v) is 2.64. The van der Waals surface area contributed by atoms with Crippen LogP contribution in [0.4, 0.5) is 5.69 Å². The summed E-state index contributed by atoms with van der Waals surface area (Å²) in [5.41, 5.74) is -0.617. The fourth-order valence-electron chi connectivity index (χ4n) is 1.17. The first-order valence-electron chi connectivity index (χ1n) is 4.26. The summed E-state index contributed by atoms with van der Waals surface area (Å²) in [6.07, 6.45) is -0.883. The molecule has 0 radical (unpaired) electrons. The van der Waals surface area contributed by atoms with E-state index in [1.165, 1.54) is 0 Å². The summed E-state index contributed by atoms with van der Waals surface area (Å²) in [7, 11) is 0. The van der Waals surface area contributed by atoms with Crippen LogP contribution in [0.5, 0.6) is 0 Å². The fourth-order valence-corrected chi connectivity index (χ4v) is 1.53. The van der Waals surface area contributed by atoms with E-state index in [1.54, 1.807) is 0 Å². The molecule has 0 saturated heterocycles. The van der Waals surface area contributed by atoms with E-state index in [0.717, 1.165) is 18.5 Å². The van der Waals surface area contributed by atoms with Gasteiger partial charge in [-0.05, 0) is 0 Å². The van der Waals surface area contributed by atoms with Crippen molar-refractivity contribution in [1.82, 2.24) is 0 Å². The SMILES string of the molecule is O=[N+]([O-])c1cc[n+]([O-])cc1C(O)C(O)CBr. The summed E-state index contributed by atoms with van der Waals surface area (Å²) in [5.74, 6) is 0. The summed E-state index contributed by atoms with van der Waals surface area (Å²) in [5, 5.41) is 40.6. The monoisotopic (exact) mass is 292 g/mol. The van der Waals surface area contributed by atoms with Gasteiger partial charge in [0.05, 0.1) is 17.1 Å². The van der Waals surface area contributed by atoms with E-state index in [4.69, 9.17) is 0 Å². The van der Waals surface area contributed by atoms with Gasteiger partial charge in [-0.1, -0.05) is 15.9 Å². The van der Waals surface area contributed by atoms with Crippen LogP contribution in [-0.4, -0.2) is 26.6 Å². The summed E-state index contributed by atoms with van der Waals surface area (Å²) in [6.45, 7) is 0. The number of alkyl halides is 1. The number of hydrogen-bond donors (Lipinski definition) is 2. The van der Waals surface area contributed by atoms with E-state index >= 15 is 0 Å². The Morgan fingerprint density at radius 2 is 2.19 bits per heavy atom. The quantitative estimate of drug-likeness (QED) is 0.267. The van der Waals surface area contributed by atoms with Crippen molar-refractivity contribution in [1.29, 1.82) is 0 Å². The van der Waals surface area contributed by atoms with E-state index in [9.17, 15) is 25.5 Å². The number of aromatic nitrogens is 1. The molecule has 0 aliphatic heterocycles. The molecule has 0 amide bonds. The van der Waals surface area contributed by atoms with Crippen LogP contribution in [0.1, 0.15) is 11.7 Å². The number of aliphatic hydroxyl groups excluding tert-OH is 2. The van der Waals surface area contributed by atoms with Crippen LogP contribution in [0.3, 0.4) is 0 Å². The third kappa shape index (κ3) is 2.65. The highest BCUT2D eigenvalue weighted by molar-refractivity contribution is 9.09. The summed E-state index contributed by atoms with van der Waals surface area (Å²) in [6, 6.07) is 0.979. The van der Waals surface area contributed by atoms with Crippen molar-refractivity contribution in [3.63, 3.8) is 0 Å². The first kappa shape index (κ1) is 12.8. The fraction of sp³-hybridized carbons (Fsp3) is 0.375. The molecule has 2 N–H and O–H groups in total. The van der Waals surface area contributed by atoms with E-state index in [0.29, 0.717) is 4.73 Å². The second kappa shape index (κ2) is 5.19. The van der Waals surface area contributed by atoms with Gasteiger partial charge >= 0.3 is 0 Å².